The Bertz CT molecular complexity index is 616. The maximum absolute atomic E-state index is 12.0. The zero-order chi connectivity index (χ0) is 19.3. The molecular weight excluding hydrogens is 336 g/mol. The first-order valence-electron chi connectivity index (χ1n) is 8.98. The minimum Gasteiger partial charge on any atom is -0.469 e. The second kappa shape index (κ2) is 8.52. The minimum atomic E-state index is -0.453. The highest BCUT2D eigenvalue weighted by Gasteiger charge is 2.38. The molecule has 144 valence electrons. The molecule has 2 fully saturated rings. The van der Waals surface area contributed by atoms with Gasteiger partial charge in [-0.05, 0) is 29.7 Å². The van der Waals surface area contributed by atoms with Crippen LogP contribution in [0.2, 0.25) is 0 Å². The lowest BCUT2D eigenvalue weighted by Crippen LogP contribution is -2.17. The van der Waals surface area contributed by atoms with Gasteiger partial charge in [-0.1, -0.05) is 25.5 Å². The smallest absolute Gasteiger partial charge is 0.306 e. The molecule has 0 aromatic rings. The number of methoxy groups -OCH3 is 1. The summed E-state index contributed by atoms with van der Waals surface area (Å²) >= 11 is 0. The highest BCUT2D eigenvalue weighted by atomic mass is 16.5. The molecule has 2 rings (SSSR count). The zero-order valence-electron chi connectivity index (χ0n) is 15.8. The first-order chi connectivity index (χ1) is 12.3. The maximum Gasteiger partial charge on any atom is 0.306 e. The average Bonchev–Trinajstić information content (AvgIpc) is 3.15. The van der Waals surface area contributed by atoms with Gasteiger partial charge in [-0.15, -0.1) is 6.58 Å². The van der Waals surface area contributed by atoms with Gasteiger partial charge in [-0.25, -0.2) is 0 Å². The first-order valence-corrected chi connectivity index (χ1v) is 8.98. The highest BCUT2D eigenvalue weighted by molar-refractivity contribution is 5.77. The van der Waals surface area contributed by atoms with E-state index in [9.17, 15) is 14.4 Å². The van der Waals surface area contributed by atoms with Gasteiger partial charge < -0.3 is 14.2 Å². The molecule has 1 aliphatic carbocycles. The molecule has 1 heterocycles. The van der Waals surface area contributed by atoms with Crippen molar-refractivity contribution in [1.82, 2.24) is 0 Å². The molecule has 6 nitrogen and oxygen atoms in total. The van der Waals surface area contributed by atoms with Crippen LogP contribution in [0, 0.1) is 17.3 Å². The van der Waals surface area contributed by atoms with Crippen LogP contribution in [0.25, 0.3) is 0 Å². The molecule has 0 amide bonds. The molecular formula is C20H28O6. The van der Waals surface area contributed by atoms with Crippen LogP contribution in [0.1, 0.15) is 46.0 Å². The number of esters is 3. The number of hydrogen-bond donors (Lipinski definition) is 0. The third-order valence-corrected chi connectivity index (χ3v) is 5.09. The van der Waals surface area contributed by atoms with Gasteiger partial charge in [0.05, 0.1) is 33.0 Å². The lowest BCUT2D eigenvalue weighted by molar-refractivity contribution is -0.148. The Hall–Kier alpha value is -2.11. The zero-order valence-corrected chi connectivity index (χ0v) is 15.8. The molecule has 2 aliphatic rings. The molecule has 0 aromatic carbocycles. The Balaban J connectivity index is 2.13. The second-order valence-electron chi connectivity index (χ2n) is 7.76. The van der Waals surface area contributed by atoms with Crippen LogP contribution < -0.4 is 0 Å². The van der Waals surface area contributed by atoms with Crippen LogP contribution in [-0.4, -0.2) is 38.2 Å². The molecule has 0 N–H and O–H groups in total. The van der Waals surface area contributed by atoms with Gasteiger partial charge in [0.2, 0.25) is 0 Å². The maximum atomic E-state index is 12.0. The van der Waals surface area contributed by atoms with Gasteiger partial charge in [0.15, 0.2) is 0 Å². The van der Waals surface area contributed by atoms with Gasteiger partial charge in [-0.2, -0.15) is 0 Å². The van der Waals surface area contributed by atoms with Crippen LogP contribution in [-0.2, 0) is 28.6 Å². The third-order valence-electron chi connectivity index (χ3n) is 5.09. The van der Waals surface area contributed by atoms with Crippen molar-refractivity contribution in [3.05, 3.63) is 23.8 Å². The molecule has 2 atom stereocenters. The molecule has 1 saturated carbocycles. The van der Waals surface area contributed by atoms with E-state index in [1.165, 1.54) is 12.7 Å². The van der Waals surface area contributed by atoms with Crippen molar-refractivity contribution < 1.29 is 28.6 Å². The summed E-state index contributed by atoms with van der Waals surface area (Å²) in [7, 11) is 1.28. The van der Waals surface area contributed by atoms with E-state index in [1.54, 1.807) is 0 Å². The van der Waals surface area contributed by atoms with E-state index < -0.39 is 11.9 Å². The molecule has 26 heavy (non-hydrogen) atoms. The fourth-order valence-electron chi connectivity index (χ4n) is 3.76. The predicted molar refractivity (Wildman–Crippen MR) is 95.0 cm³/mol. The number of carbonyl (C=O) groups excluding carboxylic acids is 3. The van der Waals surface area contributed by atoms with Crippen molar-refractivity contribution in [1.29, 1.82) is 0 Å². The summed E-state index contributed by atoms with van der Waals surface area (Å²) < 4.78 is 15.1. The standard InChI is InChI=1S/C20H28O6/c1-5-13-9-20(2,3)10-15(13)16(14-8-19(23)25-11-14)12-26-18(22)7-6-17(21)24-4/h5,13-14H,1,6-12H2,2-4H3/t13-,14-/m1/s1. The lowest BCUT2D eigenvalue weighted by Gasteiger charge is -2.20. The lowest BCUT2D eigenvalue weighted by atomic mass is 9.88. The molecule has 1 aliphatic heterocycles. The summed E-state index contributed by atoms with van der Waals surface area (Å²) in [6.07, 6.45) is 4.07. The summed E-state index contributed by atoms with van der Waals surface area (Å²) in [4.78, 5) is 34.7. The van der Waals surface area contributed by atoms with E-state index in [-0.39, 0.29) is 42.7 Å². The van der Waals surface area contributed by atoms with Gasteiger partial charge in [0.1, 0.15) is 6.61 Å². The topological polar surface area (TPSA) is 78.9 Å². The van der Waals surface area contributed by atoms with E-state index in [1.807, 2.05) is 6.08 Å². The van der Waals surface area contributed by atoms with Crippen LogP contribution in [0.5, 0.6) is 0 Å². The van der Waals surface area contributed by atoms with Gasteiger partial charge in [0.25, 0.3) is 0 Å². The summed E-state index contributed by atoms with van der Waals surface area (Å²) in [5.74, 6) is -0.977. The van der Waals surface area contributed by atoms with E-state index in [4.69, 9.17) is 9.47 Å². The van der Waals surface area contributed by atoms with Gasteiger partial charge >= 0.3 is 17.9 Å². The molecule has 6 heteroatoms. The van der Waals surface area contributed by atoms with Crippen molar-refractivity contribution in [2.75, 3.05) is 20.3 Å². The van der Waals surface area contributed by atoms with Crippen molar-refractivity contribution in [3.63, 3.8) is 0 Å². The Morgan fingerprint density at radius 3 is 2.58 bits per heavy atom. The summed E-state index contributed by atoms with van der Waals surface area (Å²) in [5.41, 5.74) is 2.31. The second-order valence-corrected chi connectivity index (χ2v) is 7.76. The quantitative estimate of drug-likeness (QED) is 0.393. The van der Waals surface area contributed by atoms with E-state index >= 15 is 0 Å². The monoisotopic (exact) mass is 364 g/mol. The van der Waals surface area contributed by atoms with Crippen LogP contribution in [0.4, 0.5) is 0 Å². The van der Waals surface area contributed by atoms with Gasteiger partial charge in [-0.3, -0.25) is 14.4 Å². The molecule has 0 bridgehead atoms. The predicted octanol–water partition coefficient (Wildman–Crippen LogP) is 2.96. The number of ether oxygens (including phenoxy) is 3. The number of allylic oxidation sites excluding steroid dienone is 2. The molecule has 1 saturated heterocycles. The van der Waals surface area contributed by atoms with Crippen molar-refractivity contribution in [2.24, 2.45) is 17.3 Å². The minimum absolute atomic E-state index is 0.00538. The van der Waals surface area contributed by atoms with Gasteiger partial charge in [0, 0.05) is 5.92 Å². The van der Waals surface area contributed by atoms with E-state index in [0.717, 1.165) is 18.4 Å². The SMILES string of the molecule is C=C[C@@H]1CC(C)(C)CC1=C(COC(=O)CCC(=O)OC)[C@H]1COC(=O)C1. The molecule has 0 aromatic heterocycles. The van der Waals surface area contributed by atoms with Crippen molar-refractivity contribution >= 4 is 17.9 Å². The number of cyclic esters (lactones) is 1. The molecule has 0 spiro atoms. The van der Waals surface area contributed by atoms with Crippen LogP contribution in [0.15, 0.2) is 23.8 Å². The summed E-state index contributed by atoms with van der Waals surface area (Å²) in [5, 5.41) is 0. The normalized spacial score (nSPS) is 26.2. The Morgan fingerprint density at radius 1 is 1.31 bits per heavy atom. The van der Waals surface area contributed by atoms with Crippen molar-refractivity contribution in [2.45, 2.75) is 46.0 Å². The number of carbonyl (C=O) groups is 3. The van der Waals surface area contributed by atoms with E-state index in [0.29, 0.717) is 13.0 Å². The summed E-state index contributed by atoms with van der Waals surface area (Å²) in [6, 6.07) is 0. The Morgan fingerprint density at radius 2 is 2.00 bits per heavy atom. The third kappa shape index (κ3) is 5.19. The van der Waals surface area contributed by atoms with Crippen molar-refractivity contribution in [3.8, 4) is 0 Å². The molecule has 0 radical (unpaired) electrons. The summed E-state index contributed by atoms with van der Waals surface area (Å²) in [6.45, 7) is 8.79. The fourth-order valence-corrected chi connectivity index (χ4v) is 3.76. The Kier molecular flexibility index (Phi) is 6.62. The highest BCUT2D eigenvalue weighted by Crippen LogP contribution is 2.48. The van der Waals surface area contributed by atoms with Crippen LogP contribution >= 0.6 is 0 Å². The Labute approximate surface area is 154 Å². The molecule has 0 unspecified atom stereocenters. The fraction of sp³-hybridized carbons (Fsp3) is 0.650. The largest absolute Gasteiger partial charge is 0.469 e. The van der Waals surface area contributed by atoms with Crippen LogP contribution in [0.3, 0.4) is 0 Å². The number of hydrogen-bond acceptors (Lipinski definition) is 6. The number of rotatable bonds is 7. The first kappa shape index (κ1) is 20.2. The average molecular weight is 364 g/mol. The van der Waals surface area contributed by atoms with E-state index in [2.05, 4.69) is 25.2 Å².